The molecule has 1 aromatic heterocycles. The standard InChI is InChI=1S/C26H23ClN4O5S/c1-4-15-9-11-18(12-10-15)31-23(33)19(27)20(24(31)34)29-17-8-6-7-16(13-17)22(32)30-26-28-14(3)21(37-26)25(35)36-5-2/h6-13,29H,4-5H2,1-3H3,(H,28,30,32). The molecule has 37 heavy (non-hydrogen) atoms. The van der Waals surface area contributed by atoms with E-state index in [1.165, 1.54) is 6.07 Å². The van der Waals surface area contributed by atoms with Crippen molar-refractivity contribution in [2.45, 2.75) is 27.2 Å². The maximum absolute atomic E-state index is 13.1. The lowest BCUT2D eigenvalue weighted by Gasteiger charge is -2.15. The van der Waals surface area contributed by atoms with E-state index >= 15 is 0 Å². The third-order valence-corrected chi connectivity index (χ3v) is 6.91. The highest BCUT2D eigenvalue weighted by Crippen LogP contribution is 2.31. The van der Waals surface area contributed by atoms with E-state index in [0.29, 0.717) is 21.9 Å². The molecular weight excluding hydrogens is 516 g/mol. The molecule has 190 valence electrons. The number of carbonyl (C=O) groups is 4. The number of rotatable bonds is 8. The molecule has 1 aliphatic heterocycles. The van der Waals surface area contributed by atoms with E-state index in [4.69, 9.17) is 16.3 Å². The van der Waals surface area contributed by atoms with Crippen molar-refractivity contribution in [3.8, 4) is 0 Å². The normalized spacial score (nSPS) is 13.2. The van der Waals surface area contributed by atoms with Crippen LogP contribution in [0.1, 0.15) is 45.1 Å². The highest BCUT2D eigenvalue weighted by Gasteiger charge is 2.39. The Bertz CT molecular complexity index is 1430. The molecule has 1 aliphatic rings. The second-order valence-corrected chi connectivity index (χ2v) is 9.35. The number of esters is 1. The molecule has 11 heteroatoms. The Kier molecular flexibility index (Phi) is 7.70. The molecule has 2 aromatic carbocycles. The van der Waals surface area contributed by atoms with Gasteiger partial charge in [-0.3, -0.25) is 19.7 Å². The first-order valence-corrected chi connectivity index (χ1v) is 12.6. The molecule has 2 N–H and O–H groups in total. The lowest BCUT2D eigenvalue weighted by atomic mass is 10.1. The molecule has 0 aliphatic carbocycles. The summed E-state index contributed by atoms with van der Waals surface area (Å²) in [6.45, 7) is 5.60. The lowest BCUT2D eigenvalue weighted by Crippen LogP contribution is -2.32. The Balaban J connectivity index is 1.49. The Labute approximate surface area is 222 Å². The van der Waals surface area contributed by atoms with E-state index in [1.54, 1.807) is 44.2 Å². The van der Waals surface area contributed by atoms with E-state index in [0.717, 1.165) is 28.2 Å². The van der Waals surface area contributed by atoms with Gasteiger partial charge in [0.05, 0.1) is 18.0 Å². The third kappa shape index (κ3) is 5.40. The van der Waals surface area contributed by atoms with Crippen LogP contribution in [0.15, 0.2) is 59.3 Å². The number of aromatic nitrogens is 1. The van der Waals surface area contributed by atoms with Crippen molar-refractivity contribution >= 4 is 63.1 Å². The molecule has 2 heterocycles. The minimum Gasteiger partial charge on any atom is -0.462 e. The number of amides is 3. The van der Waals surface area contributed by atoms with Crippen LogP contribution in [0, 0.1) is 6.92 Å². The van der Waals surface area contributed by atoms with Crippen LogP contribution in [0.25, 0.3) is 0 Å². The van der Waals surface area contributed by atoms with E-state index in [2.05, 4.69) is 15.6 Å². The number of carbonyl (C=O) groups excluding carboxylic acids is 4. The van der Waals surface area contributed by atoms with Crippen LogP contribution in [0.4, 0.5) is 16.5 Å². The van der Waals surface area contributed by atoms with Crippen molar-refractivity contribution in [2.75, 3.05) is 22.1 Å². The molecule has 0 bridgehead atoms. The maximum Gasteiger partial charge on any atom is 0.350 e. The van der Waals surface area contributed by atoms with E-state index in [9.17, 15) is 19.2 Å². The minimum absolute atomic E-state index is 0.0848. The Hall–Kier alpha value is -4.02. The quantitative estimate of drug-likeness (QED) is 0.310. The summed E-state index contributed by atoms with van der Waals surface area (Å²) in [5, 5.41) is 5.54. The van der Waals surface area contributed by atoms with Gasteiger partial charge >= 0.3 is 5.97 Å². The van der Waals surface area contributed by atoms with Gasteiger partial charge in [-0.25, -0.2) is 14.7 Å². The molecule has 3 amide bonds. The fraction of sp³-hybridized carbons (Fsp3) is 0.192. The number of anilines is 3. The third-order valence-electron chi connectivity index (χ3n) is 5.50. The van der Waals surface area contributed by atoms with Crippen molar-refractivity contribution in [1.82, 2.24) is 4.98 Å². The predicted octanol–water partition coefficient (Wildman–Crippen LogP) is 4.88. The summed E-state index contributed by atoms with van der Waals surface area (Å²) < 4.78 is 5.00. The van der Waals surface area contributed by atoms with Gasteiger partial charge in [-0.15, -0.1) is 0 Å². The van der Waals surface area contributed by atoms with E-state index in [1.807, 2.05) is 19.1 Å². The number of thiazole rings is 1. The monoisotopic (exact) mass is 538 g/mol. The summed E-state index contributed by atoms with van der Waals surface area (Å²) in [6, 6.07) is 13.4. The number of aryl methyl sites for hydroxylation is 2. The topological polar surface area (TPSA) is 118 Å². The van der Waals surface area contributed by atoms with Gasteiger partial charge in [-0.05, 0) is 56.2 Å². The van der Waals surface area contributed by atoms with Gasteiger partial charge in [0.2, 0.25) is 0 Å². The van der Waals surface area contributed by atoms with Crippen molar-refractivity contribution in [3.63, 3.8) is 0 Å². The molecule has 0 radical (unpaired) electrons. The summed E-state index contributed by atoms with van der Waals surface area (Å²) >= 11 is 7.25. The van der Waals surface area contributed by atoms with Gasteiger partial charge in [-0.1, -0.05) is 48.1 Å². The Morgan fingerprint density at radius 3 is 2.49 bits per heavy atom. The van der Waals surface area contributed by atoms with E-state index < -0.39 is 23.7 Å². The van der Waals surface area contributed by atoms with Gasteiger partial charge in [0.15, 0.2) is 5.13 Å². The first kappa shape index (κ1) is 26.1. The van der Waals surface area contributed by atoms with Crippen LogP contribution in [0.3, 0.4) is 0 Å². The molecular formula is C26H23ClN4O5S. The molecule has 0 saturated heterocycles. The number of nitrogens with one attached hydrogen (secondary N) is 2. The first-order valence-electron chi connectivity index (χ1n) is 11.4. The smallest absolute Gasteiger partial charge is 0.350 e. The molecule has 0 saturated carbocycles. The highest BCUT2D eigenvalue weighted by atomic mass is 35.5. The van der Waals surface area contributed by atoms with Gasteiger partial charge in [-0.2, -0.15) is 0 Å². The van der Waals surface area contributed by atoms with E-state index in [-0.39, 0.29) is 28.0 Å². The number of imide groups is 1. The number of hydrogen-bond acceptors (Lipinski definition) is 8. The van der Waals surface area contributed by atoms with Crippen LogP contribution in [0.5, 0.6) is 0 Å². The second-order valence-electron chi connectivity index (χ2n) is 7.97. The van der Waals surface area contributed by atoms with Crippen molar-refractivity contribution < 1.29 is 23.9 Å². The minimum atomic E-state index is -0.635. The van der Waals surface area contributed by atoms with Crippen molar-refractivity contribution in [1.29, 1.82) is 0 Å². The maximum atomic E-state index is 13.1. The van der Waals surface area contributed by atoms with Crippen LogP contribution in [-0.2, 0) is 20.7 Å². The van der Waals surface area contributed by atoms with Gasteiger partial charge in [0, 0.05) is 11.3 Å². The molecule has 0 spiro atoms. The van der Waals surface area contributed by atoms with Crippen molar-refractivity contribution in [2.24, 2.45) is 0 Å². The van der Waals surface area contributed by atoms with Crippen LogP contribution in [0.2, 0.25) is 0 Å². The average Bonchev–Trinajstić information content (AvgIpc) is 3.36. The molecule has 3 aromatic rings. The summed E-state index contributed by atoms with van der Waals surface area (Å²) in [7, 11) is 0. The van der Waals surface area contributed by atoms with Gasteiger partial charge in [0.25, 0.3) is 17.7 Å². The van der Waals surface area contributed by atoms with Gasteiger partial charge < -0.3 is 10.1 Å². The zero-order valence-corrected chi connectivity index (χ0v) is 21.8. The number of halogens is 1. The Morgan fingerprint density at radius 1 is 1.08 bits per heavy atom. The summed E-state index contributed by atoms with van der Waals surface area (Å²) in [6.07, 6.45) is 0.826. The Morgan fingerprint density at radius 2 is 1.81 bits per heavy atom. The molecule has 0 atom stereocenters. The summed E-state index contributed by atoms with van der Waals surface area (Å²) in [5.74, 6) is -2.21. The highest BCUT2D eigenvalue weighted by molar-refractivity contribution is 7.17. The van der Waals surface area contributed by atoms with Crippen LogP contribution in [-0.4, -0.2) is 35.3 Å². The van der Waals surface area contributed by atoms with Crippen LogP contribution >= 0.6 is 22.9 Å². The largest absolute Gasteiger partial charge is 0.462 e. The zero-order valence-electron chi connectivity index (χ0n) is 20.3. The first-order chi connectivity index (χ1) is 17.7. The fourth-order valence-electron chi connectivity index (χ4n) is 3.61. The fourth-order valence-corrected chi connectivity index (χ4v) is 4.68. The second kappa shape index (κ2) is 10.9. The SMILES string of the molecule is CCOC(=O)c1sc(NC(=O)c2cccc(NC3=C(Cl)C(=O)N(c4ccc(CC)cc4)C3=O)c2)nc1C. The predicted molar refractivity (Wildman–Crippen MR) is 142 cm³/mol. The molecule has 0 unspecified atom stereocenters. The number of ether oxygens (including phenoxy) is 1. The number of nitrogens with zero attached hydrogens (tertiary/aromatic N) is 2. The molecule has 9 nitrogen and oxygen atoms in total. The average molecular weight is 539 g/mol. The number of benzene rings is 2. The van der Waals surface area contributed by atoms with Crippen LogP contribution < -0.4 is 15.5 Å². The molecule has 0 fully saturated rings. The summed E-state index contributed by atoms with van der Waals surface area (Å²) in [4.78, 5) is 56.2. The number of hydrogen-bond donors (Lipinski definition) is 2. The van der Waals surface area contributed by atoms with Crippen molar-refractivity contribution in [3.05, 3.63) is 81.0 Å². The lowest BCUT2D eigenvalue weighted by molar-refractivity contribution is -0.120. The zero-order chi connectivity index (χ0) is 26.7. The molecule has 4 rings (SSSR count). The van der Waals surface area contributed by atoms with Gasteiger partial charge in [0.1, 0.15) is 15.6 Å². The summed E-state index contributed by atoms with van der Waals surface area (Å²) in [5.41, 5.74) is 2.49.